The maximum atomic E-state index is 13.1. The summed E-state index contributed by atoms with van der Waals surface area (Å²) in [6, 6.07) is 4.97. The quantitative estimate of drug-likeness (QED) is 0.823. The zero-order chi connectivity index (χ0) is 19.2. The van der Waals surface area contributed by atoms with Crippen molar-refractivity contribution >= 4 is 17.6 Å². The number of nitrogens with one attached hydrogen (secondary N) is 2. The van der Waals surface area contributed by atoms with Crippen LogP contribution in [-0.2, 0) is 0 Å². The monoisotopic (exact) mass is 373 g/mol. The molecule has 2 N–H and O–H groups in total. The van der Waals surface area contributed by atoms with Crippen LogP contribution in [0.3, 0.4) is 0 Å². The number of likely N-dealkylation sites (tertiary alicyclic amines) is 1. The average molecular weight is 373 g/mol. The summed E-state index contributed by atoms with van der Waals surface area (Å²) in [7, 11) is 1.56. The van der Waals surface area contributed by atoms with E-state index < -0.39 is 0 Å². The van der Waals surface area contributed by atoms with Crippen LogP contribution in [0.15, 0.2) is 18.2 Å². The maximum Gasteiger partial charge on any atom is 0.319 e. The van der Waals surface area contributed by atoms with E-state index in [0.29, 0.717) is 29.5 Å². The van der Waals surface area contributed by atoms with Gasteiger partial charge in [-0.2, -0.15) is 0 Å². The van der Waals surface area contributed by atoms with E-state index in [1.54, 1.807) is 25.3 Å². The molecule has 0 radical (unpaired) electrons. The Morgan fingerprint density at radius 2 is 1.96 bits per heavy atom. The van der Waals surface area contributed by atoms with Gasteiger partial charge in [0.25, 0.3) is 5.91 Å². The molecule has 1 saturated heterocycles. The van der Waals surface area contributed by atoms with E-state index >= 15 is 0 Å². The number of amides is 3. The van der Waals surface area contributed by atoms with E-state index in [1.165, 1.54) is 25.7 Å². The number of benzene rings is 1. The minimum absolute atomic E-state index is 0.0258. The van der Waals surface area contributed by atoms with Crippen molar-refractivity contribution in [1.82, 2.24) is 10.2 Å². The minimum Gasteiger partial charge on any atom is -0.496 e. The second kappa shape index (κ2) is 9.11. The molecule has 2 fully saturated rings. The lowest BCUT2D eigenvalue weighted by atomic mass is 9.75. The van der Waals surface area contributed by atoms with E-state index in [9.17, 15) is 9.59 Å². The molecule has 27 heavy (non-hydrogen) atoms. The molecular weight excluding hydrogens is 342 g/mol. The van der Waals surface area contributed by atoms with Gasteiger partial charge in [-0.05, 0) is 43.2 Å². The van der Waals surface area contributed by atoms with Gasteiger partial charge < -0.3 is 20.3 Å². The largest absolute Gasteiger partial charge is 0.496 e. The standard InChI is InChI=1S/C21H31N3O3/c1-3-11-22-21(26)23-17-8-9-18(19(13-17)27-2)20(25)24-12-10-15-6-4-5-7-16(15)14-24/h8-9,13,15-16H,3-7,10-12,14H2,1-2H3,(H2,22,23,26)/t15?,16-/m0/s1. The Balaban J connectivity index is 1.68. The molecule has 1 heterocycles. The van der Waals surface area contributed by atoms with Crippen LogP contribution >= 0.6 is 0 Å². The van der Waals surface area contributed by atoms with Crippen molar-refractivity contribution in [3.8, 4) is 5.75 Å². The second-order valence-electron chi connectivity index (χ2n) is 7.64. The van der Waals surface area contributed by atoms with E-state index in [2.05, 4.69) is 10.6 Å². The number of rotatable bonds is 5. The number of nitrogens with zero attached hydrogens (tertiary/aromatic N) is 1. The van der Waals surface area contributed by atoms with Gasteiger partial charge in [0.1, 0.15) is 5.75 Å². The SMILES string of the molecule is CCCNC(=O)Nc1ccc(C(=O)N2CCC3CCCC[C@H]3C2)c(OC)c1. The molecule has 3 amide bonds. The lowest BCUT2D eigenvalue weighted by Crippen LogP contribution is -2.44. The van der Waals surface area contributed by atoms with Gasteiger partial charge in [0.2, 0.25) is 0 Å². The molecule has 2 atom stereocenters. The Labute approximate surface area is 161 Å². The van der Waals surface area contributed by atoms with Crippen LogP contribution in [0.1, 0.15) is 55.8 Å². The topological polar surface area (TPSA) is 70.7 Å². The van der Waals surface area contributed by atoms with Crippen molar-refractivity contribution in [2.75, 3.05) is 32.1 Å². The van der Waals surface area contributed by atoms with Gasteiger partial charge in [0, 0.05) is 31.4 Å². The highest BCUT2D eigenvalue weighted by Gasteiger charge is 2.33. The molecule has 2 aliphatic rings. The van der Waals surface area contributed by atoms with Gasteiger partial charge in [-0.25, -0.2) is 4.79 Å². The molecule has 6 heteroatoms. The molecule has 0 aromatic heterocycles. The molecular formula is C21H31N3O3. The zero-order valence-electron chi connectivity index (χ0n) is 16.4. The van der Waals surface area contributed by atoms with Crippen molar-refractivity contribution < 1.29 is 14.3 Å². The first-order chi connectivity index (χ1) is 13.1. The highest BCUT2D eigenvalue weighted by molar-refractivity contribution is 5.98. The van der Waals surface area contributed by atoms with Crippen molar-refractivity contribution in [3.05, 3.63) is 23.8 Å². The van der Waals surface area contributed by atoms with Crippen LogP contribution in [-0.4, -0.2) is 43.6 Å². The Hall–Kier alpha value is -2.24. The number of carbonyl (C=O) groups is 2. The minimum atomic E-state index is -0.252. The number of methoxy groups -OCH3 is 1. The third kappa shape index (κ3) is 4.73. The first-order valence-corrected chi connectivity index (χ1v) is 10.1. The van der Waals surface area contributed by atoms with Crippen molar-refractivity contribution in [2.24, 2.45) is 11.8 Å². The molecule has 0 spiro atoms. The number of ether oxygens (including phenoxy) is 1. The van der Waals surface area contributed by atoms with Gasteiger partial charge >= 0.3 is 6.03 Å². The molecule has 148 valence electrons. The maximum absolute atomic E-state index is 13.1. The number of carbonyl (C=O) groups excluding carboxylic acids is 2. The molecule has 6 nitrogen and oxygen atoms in total. The van der Waals surface area contributed by atoms with Gasteiger partial charge in [0.05, 0.1) is 12.7 Å². The van der Waals surface area contributed by atoms with Gasteiger partial charge in [0.15, 0.2) is 0 Å². The lowest BCUT2D eigenvalue weighted by molar-refractivity contribution is 0.0518. The lowest BCUT2D eigenvalue weighted by Gasteiger charge is -2.41. The Morgan fingerprint density at radius 3 is 2.70 bits per heavy atom. The fourth-order valence-corrected chi connectivity index (χ4v) is 4.32. The summed E-state index contributed by atoms with van der Waals surface area (Å²) in [5.74, 6) is 1.96. The number of piperidine rings is 1. The predicted molar refractivity (Wildman–Crippen MR) is 106 cm³/mol. The smallest absolute Gasteiger partial charge is 0.319 e. The van der Waals surface area contributed by atoms with Crippen LogP contribution in [0.5, 0.6) is 5.75 Å². The Bertz CT molecular complexity index is 677. The summed E-state index contributed by atoms with van der Waals surface area (Å²) >= 11 is 0. The van der Waals surface area contributed by atoms with Crippen molar-refractivity contribution in [2.45, 2.75) is 45.4 Å². The van der Waals surface area contributed by atoms with Gasteiger partial charge in [-0.3, -0.25) is 4.79 Å². The molecule has 0 bridgehead atoms. The van der Waals surface area contributed by atoms with E-state index in [0.717, 1.165) is 31.8 Å². The zero-order valence-corrected chi connectivity index (χ0v) is 16.4. The molecule has 1 aliphatic heterocycles. The number of anilines is 1. The van der Waals surface area contributed by atoms with Crippen molar-refractivity contribution in [1.29, 1.82) is 0 Å². The second-order valence-corrected chi connectivity index (χ2v) is 7.64. The summed E-state index contributed by atoms with van der Waals surface area (Å²) in [5.41, 5.74) is 1.18. The molecule has 1 aromatic carbocycles. The van der Waals surface area contributed by atoms with Gasteiger partial charge in [-0.1, -0.05) is 26.2 Å². The molecule has 1 unspecified atom stereocenters. The first kappa shape index (κ1) is 19.5. The normalized spacial score (nSPS) is 21.9. The van der Waals surface area contributed by atoms with Crippen LogP contribution in [0.25, 0.3) is 0 Å². The average Bonchev–Trinajstić information content (AvgIpc) is 2.71. The van der Waals surface area contributed by atoms with E-state index in [4.69, 9.17) is 4.74 Å². The summed E-state index contributed by atoms with van der Waals surface area (Å²) in [6.07, 6.45) is 7.16. The summed E-state index contributed by atoms with van der Waals surface area (Å²) in [4.78, 5) is 26.9. The van der Waals surface area contributed by atoms with Crippen LogP contribution < -0.4 is 15.4 Å². The van der Waals surface area contributed by atoms with Crippen LogP contribution in [0.2, 0.25) is 0 Å². The molecule has 1 aromatic rings. The Kier molecular flexibility index (Phi) is 6.58. The Morgan fingerprint density at radius 1 is 1.19 bits per heavy atom. The summed E-state index contributed by atoms with van der Waals surface area (Å²) in [6.45, 7) is 4.30. The van der Waals surface area contributed by atoms with Gasteiger partial charge in [-0.15, -0.1) is 0 Å². The highest BCUT2D eigenvalue weighted by atomic mass is 16.5. The molecule has 1 saturated carbocycles. The molecule has 3 rings (SSSR count). The van der Waals surface area contributed by atoms with Crippen LogP contribution in [0, 0.1) is 11.8 Å². The summed E-state index contributed by atoms with van der Waals surface area (Å²) < 4.78 is 5.45. The van der Waals surface area contributed by atoms with E-state index in [1.807, 2.05) is 11.8 Å². The third-order valence-electron chi connectivity index (χ3n) is 5.80. The van der Waals surface area contributed by atoms with Crippen LogP contribution in [0.4, 0.5) is 10.5 Å². The predicted octanol–water partition coefficient (Wildman–Crippen LogP) is 3.88. The molecule has 1 aliphatic carbocycles. The number of hydrogen-bond acceptors (Lipinski definition) is 3. The fourth-order valence-electron chi connectivity index (χ4n) is 4.32. The number of urea groups is 1. The third-order valence-corrected chi connectivity index (χ3v) is 5.80. The fraction of sp³-hybridized carbons (Fsp3) is 0.619. The first-order valence-electron chi connectivity index (χ1n) is 10.1. The number of fused-ring (bicyclic) bond motifs is 1. The van der Waals surface area contributed by atoms with E-state index in [-0.39, 0.29) is 11.9 Å². The summed E-state index contributed by atoms with van der Waals surface area (Å²) in [5, 5.41) is 5.55. The van der Waals surface area contributed by atoms with Crippen molar-refractivity contribution in [3.63, 3.8) is 0 Å². The highest BCUT2D eigenvalue weighted by Crippen LogP contribution is 2.37. The number of hydrogen-bond donors (Lipinski definition) is 2.